The zero-order chi connectivity index (χ0) is 17.8. The summed E-state index contributed by atoms with van der Waals surface area (Å²) in [4.78, 5) is 15.0. The van der Waals surface area contributed by atoms with E-state index < -0.39 is 0 Å². The molecule has 0 radical (unpaired) electrons. The molecule has 3 heterocycles. The molecule has 0 saturated carbocycles. The maximum Gasteiger partial charge on any atom is 0.157 e. The van der Waals surface area contributed by atoms with Crippen molar-refractivity contribution in [1.82, 2.24) is 19.5 Å². The Bertz CT molecular complexity index is 860. The molecule has 134 valence electrons. The first-order chi connectivity index (χ1) is 12.8. The molecule has 2 aromatic heterocycles. The Morgan fingerprint density at radius 2 is 2.04 bits per heavy atom. The monoisotopic (exact) mass is 349 g/mol. The van der Waals surface area contributed by atoms with E-state index >= 15 is 0 Å². The number of imidazole rings is 1. The number of hydrogen-bond donors (Lipinski definition) is 2. The summed E-state index contributed by atoms with van der Waals surface area (Å²) in [5, 5.41) is 3.34. The molecule has 0 aliphatic carbocycles. The number of aryl methyl sites for hydroxylation is 1. The summed E-state index contributed by atoms with van der Waals surface area (Å²) in [6.07, 6.45) is 9.14. The van der Waals surface area contributed by atoms with Crippen molar-refractivity contribution in [3.8, 4) is 0 Å². The van der Waals surface area contributed by atoms with Crippen LogP contribution in [0.2, 0.25) is 0 Å². The fourth-order valence-electron chi connectivity index (χ4n) is 3.34. The minimum absolute atomic E-state index is 0.620. The Morgan fingerprint density at radius 3 is 2.88 bits per heavy atom. The lowest BCUT2D eigenvalue weighted by Crippen LogP contribution is -2.32. The van der Waals surface area contributed by atoms with Crippen LogP contribution in [0.4, 0.5) is 17.3 Å². The molecule has 0 amide bonds. The molecule has 0 spiro atoms. The smallest absolute Gasteiger partial charge is 0.157 e. The van der Waals surface area contributed by atoms with Crippen LogP contribution in [0.15, 0.2) is 49.3 Å². The predicted molar refractivity (Wildman–Crippen MR) is 103 cm³/mol. The molecule has 26 heavy (non-hydrogen) atoms. The van der Waals surface area contributed by atoms with Gasteiger partial charge in [0.15, 0.2) is 11.6 Å². The second kappa shape index (κ2) is 7.43. The van der Waals surface area contributed by atoms with E-state index in [4.69, 9.17) is 5.73 Å². The zero-order valence-electron chi connectivity index (χ0n) is 14.7. The summed E-state index contributed by atoms with van der Waals surface area (Å²) < 4.78 is 2.06. The molecular weight excluding hydrogens is 326 g/mol. The molecule has 4 rings (SSSR count). The van der Waals surface area contributed by atoms with Crippen LogP contribution in [-0.4, -0.2) is 32.6 Å². The third kappa shape index (κ3) is 3.46. The Labute approximate surface area is 152 Å². The normalized spacial score (nSPS) is 13.5. The number of fused-ring (bicyclic) bond motifs is 1. The van der Waals surface area contributed by atoms with Crippen molar-refractivity contribution in [2.24, 2.45) is 0 Å². The Hall–Kier alpha value is -3.09. The van der Waals surface area contributed by atoms with E-state index in [0.29, 0.717) is 11.5 Å². The van der Waals surface area contributed by atoms with E-state index in [-0.39, 0.29) is 0 Å². The van der Waals surface area contributed by atoms with E-state index in [0.717, 1.165) is 44.8 Å². The fraction of sp³-hybridized carbons (Fsp3) is 0.316. The number of benzene rings is 1. The average molecular weight is 349 g/mol. The van der Waals surface area contributed by atoms with Crippen LogP contribution in [0.5, 0.6) is 0 Å². The van der Waals surface area contributed by atoms with Crippen molar-refractivity contribution < 1.29 is 0 Å². The van der Waals surface area contributed by atoms with Crippen LogP contribution in [0, 0.1) is 0 Å². The standard InChI is InChI=1S/C19H23N7/c20-17-18(22-7-3-9-25-11-8-21-14-25)23-13-24-19(17)26-10-6-15-4-1-2-5-16(15)12-26/h1-2,4-5,8,11,13-14H,3,6-7,9-10,12,20H2,(H,22,23,24). The lowest BCUT2D eigenvalue weighted by Gasteiger charge is -2.30. The van der Waals surface area contributed by atoms with Gasteiger partial charge in [0.05, 0.1) is 6.33 Å². The molecule has 7 heteroatoms. The fourth-order valence-corrected chi connectivity index (χ4v) is 3.34. The summed E-state index contributed by atoms with van der Waals surface area (Å²) in [7, 11) is 0. The van der Waals surface area contributed by atoms with Gasteiger partial charge in [0.2, 0.25) is 0 Å². The number of aromatic nitrogens is 4. The third-order valence-electron chi connectivity index (χ3n) is 4.74. The molecule has 0 atom stereocenters. The number of nitrogens with two attached hydrogens (primary N) is 1. The first-order valence-electron chi connectivity index (χ1n) is 8.93. The maximum absolute atomic E-state index is 6.37. The van der Waals surface area contributed by atoms with Gasteiger partial charge < -0.3 is 20.5 Å². The second-order valence-electron chi connectivity index (χ2n) is 6.48. The number of hydrogen-bond acceptors (Lipinski definition) is 6. The van der Waals surface area contributed by atoms with Crippen LogP contribution >= 0.6 is 0 Å². The van der Waals surface area contributed by atoms with Crippen LogP contribution in [0.3, 0.4) is 0 Å². The van der Waals surface area contributed by atoms with Crippen molar-refractivity contribution in [2.75, 3.05) is 29.0 Å². The first kappa shape index (κ1) is 16.4. The van der Waals surface area contributed by atoms with Crippen molar-refractivity contribution in [1.29, 1.82) is 0 Å². The van der Waals surface area contributed by atoms with Crippen LogP contribution in [0.1, 0.15) is 17.5 Å². The predicted octanol–water partition coefficient (Wildman–Crippen LogP) is 2.32. The topological polar surface area (TPSA) is 84.9 Å². The number of rotatable bonds is 6. The molecule has 0 unspecified atom stereocenters. The van der Waals surface area contributed by atoms with E-state index in [1.165, 1.54) is 11.1 Å². The van der Waals surface area contributed by atoms with Crippen LogP contribution < -0.4 is 16.0 Å². The summed E-state index contributed by atoms with van der Waals surface area (Å²) in [5.74, 6) is 1.52. The first-order valence-corrected chi connectivity index (χ1v) is 8.93. The minimum Gasteiger partial charge on any atom is -0.393 e. The molecule has 3 aromatic rings. The van der Waals surface area contributed by atoms with Gasteiger partial charge in [-0.3, -0.25) is 0 Å². The van der Waals surface area contributed by atoms with Gasteiger partial charge in [0.1, 0.15) is 12.0 Å². The number of nitrogens with zero attached hydrogens (tertiary/aromatic N) is 5. The number of nitrogens with one attached hydrogen (secondary N) is 1. The van der Waals surface area contributed by atoms with Crippen LogP contribution in [-0.2, 0) is 19.5 Å². The highest BCUT2D eigenvalue weighted by Crippen LogP contribution is 2.30. The van der Waals surface area contributed by atoms with Gasteiger partial charge in [0, 0.05) is 38.6 Å². The molecule has 3 N–H and O–H groups in total. The van der Waals surface area contributed by atoms with E-state index in [2.05, 4.69) is 54.0 Å². The van der Waals surface area contributed by atoms with Crippen molar-refractivity contribution >= 4 is 17.3 Å². The largest absolute Gasteiger partial charge is 0.393 e. The van der Waals surface area contributed by atoms with Crippen LogP contribution in [0.25, 0.3) is 0 Å². The average Bonchev–Trinajstić information content (AvgIpc) is 3.19. The summed E-state index contributed by atoms with van der Waals surface area (Å²) in [5.41, 5.74) is 9.74. The van der Waals surface area contributed by atoms with E-state index in [9.17, 15) is 0 Å². The highest BCUT2D eigenvalue weighted by Gasteiger charge is 2.20. The molecule has 1 aromatic carbocycles. The summed E-state index contributed by atoms with van der Waals surface area (Å²) in [6.45, 7) is 3.45. The van der Waals surface area contributed by atoms with Crippen molar-refractivity contribution in [2.45, 2.75) is 25.9 Å². The molecule has 0 saturated heterocycles. The van der Waals surface area contributed by atoms with E-state index in [1.54, 1.807) is 12.5 Å². The quantitative estimate of drug-likeness (QED) is 0.665. The Morgan fingerprint density at radius 1 is 1.15 bits per heavy atom. The number of nitrogen functional groups attached to an aromatic ring is 1. The molecule has 1 aliphatic heterocycles. The highest BCUT2D eigenvalue weighted by atomic mass is 15.2. The minimum atomic E-state index is 0.620. The van der Waals surface area contributed by atoms with Gasteiger partial charge in [-0.05, 0) is 24.0 Å². The Kier molecular flexibility index (Phi) is 4.68. The van der Waals surface area contributed by atoms with Gasteiger partial charge in [-0.25, -0.2) is 15.0 Å². The zero-order valence-corrected chi connectivity index (χ0v) is 14.7. The van der Waals surface area contributed by atoms with Gasteiger partial charge in [0.25, 0.3) is 0 Å². The lowest BCUT2D eigenvalue weighted by molar-refractivity contribution is 0.660. The lowest BCUT2D eigenvalue weighted by atomic mass is 10.00. The van der Waals surface area contributed by atoms with Gasteiger partial charge in [-0.1, -0.05) is 24.3 Å². The van der Waals surface area contributed by atoms with Crippen molar-refractivity contribution in [3.63, 3.8) is 0 Å². The second-order valence-corrected chi connectivity index (χ2v) is 6.48. The maximum atomic E-state index is 6.37. The highest BCUT2D eigenvalue weighted by molar-refractivity contribution is 5.75. The summed E-state index contributed by atoms with van der Waals surface area (Å²) in [6, 6.07) is 8.55. The number of anilines is 3. The van der Waals surface area contributed by atoms with Gasteiger partial charge in [-0.2, -0.15) is 0 Å². The Balaban J connectivity index is 1.41. The molecular formula is C19H23N7. The molecule has 1 aliphatic rings. The van der Waals surface area contributed by atoms with Crippen molar-refractivity contribution in [3.05, 3.63) is 60.4 Å². The summed E-state index contributed by atoms with van der Waals surface area (Å²) >= 11 is 0. The van der Waals surface area contributed by atoms with E-state index in [1.807, 2.05) is 12.5 Å². The SMILES string of the molecule is Nc1c(NCCCn2ccnc2)ncnc1N1CCc2ccccc2C1. The molecule has 0 fully saturated rings. The van der Waals surface area contributed by atoms with Gasteiger partial charge in [-0.15, -0.1) is 0 Å². The third-order valence-corrected chi connectivity index (χ3v) is 4.74. The molecule has 7 nitrogen and oxygen atoms in total. The molecule has 0 bridgehead atoms. The van der Waals surface area contributed by atoms with Gasteiger partial charge >= 0.3 is 0 Å².